The minimum atomic E-state index is 0.289. The van der Waals surface area contributed by atoms with Crippen LogP contribution < -0.4 is 5.73 Å². The second-order valence-corrected chi connectivity index (χ2v) is 4.88. The Bertz CT molecular complexity index is 499. The van der Waals surface area contributed by atoms with Crippen LogP contribution in [0.25, 0.3) is 0 Å². The summed E-state index contributed by atoms with van der Waals surface area (Å²) in [5.74, 6) is 0.531. The first-order valence-corrected chi connectivity index (χ1v) is 6.50. The van der Waals surface area contributed by atoms with Crippen LogP contribution in [0.2, 0.25) is 0 Å². The highest BCUT2D eigenvalue weighted by atomic mass is 15.1. The van der Waals surface area contributed by atoms with Crippen LogP contribution in [-0.2, 0) is 0 Å². The number of rotatable bonds is 4. The van der Waals surface area contributed by atoms with Gasteiger partial charge in [-0.25, -0.2) is 4.98 Å². The average Bonchev–Trinajstić information content (AvgIpc) is 2.87. The third-order valence-corrected chi connectivity index (χ3v) is 3.65. The van der Waals surface area contributed by atoms with Crippen molar-refractivity contribution in [2.24, 2.45) is 0 Å². The van der Waals surface area contributed by atoms with Gasteiger partial charge in [-0.2, -0.15) is 0 Å². The molecule has 2 atom stereocenters. The first-order chi connectivity index (χ1) is 8.63. The zero-order valence-corrected chi connectivity index (χ0v) is 11.3. The first kappa shape index (κ1) is 12.7. The Morgan fingerprint density at radius 2 is 1.89 bits per heavy atom. The zero-order valence-electron chi connectivity index (χ0n) is 11.3. The zero-order chi connectivity index (χ0) is 13.1. The normalized spacial score (nSPS) is 14.4. The summed E-state index contributed by atoms with van der Waals surface area (Å²) >= 11 is 0. The molecule has 0 bridgehead atoms. The van der Waals surface area contributed by atoms with E-state index in [0.717, 1.165) is 12.1 Å². The van der Waals surface area contributed by atoms with Crippen LogP contribution >= 0.6 is 0 Å². The van der Waals surface area contributed by atoms with Crippen molar-refractivity contribution >= 4 is 5.69 Å². The van der Waals surface area contributed by atoms with Crippen molar-refractivity contribution < 1.29 is 0 Å². The highest BCUT2D eigenvalue weighted by Gasteiger charge is 2.14. The fourth-order valence-electron chi connectivity index (χ4n) is 2.16. The van der Waals surface area contributed by atoms with Gasteiger partial charge in [-0.15, -0.1) is 0 Å². The molecule has 0 radical (unpaired) electrons. The number of aromatic nitrogens is 2. The summed E-state index contributed by atoms with van der Waals surface area (Å²) in [6.45, 7) is 6.64. The lowest BCUT2D eigenvalue weighted by molar-refractivity contribution is 0.568. The van der Waals surface area contributed by atoms with Crippen molar-refractivity contribution in [1.82, 2.24) is 9.55 Å². The molecular weight excluding hydrogens is 222 g/mol. The molecule has 3 nitrogen and oxygen atoms in total. The standard InChI is InChI=1S/C15H21N3/c1-4-11(2)15-9-17-10-18(15)12(3)13-5-7-14(16)8-6-13/h5-12H,4,16H2,1-3H3. The molecule has 0 amide bonds. The highest BCUT2D eigenvalue weighted by molar-refractivity contribution is 5.40. The van der Waals surface area contributed by atoms with Crippen molar-refractivity contribution in [2.45, 2.75) is 39.2 Å². The number of nitrogens with zero attached hydrogens (tertiary/aromatic N) is 2. The van der Waals surface area contributed by atoms with Gasteiger partial charge in [-0.05, 0) is 37.0 Å². The smallest absolute Gasteiger partial charge is 0.0953 e. The van der Waals surface area contributed by atoms with Crippen LogP contribution in [0.15, 0.2) is 36.8 Å². The van der Waals surface area contributed by atoms with E-state index in [4.69, 9.17) is 5.73 Å². The first-order valence-electron chi connectivity index (χ1n) is 6.50. The van der Waals surface area contributed by atoms with E-state index < -0.39 is 0 Å². The number of benzene rings is 1. The van der Waals surface area contributed by atoms with Gasteiger partial charge in [-0.3, -0.25) is 0 Å². The topological polar surface area (TPSA) is 43.8 Å². The molecule has 18 heavy (non-hydrogen) atoms. The van der Waals surface area contributed by atoms with Gasteiger partial charge in [0.2, 0.25) is 0 Å². The molecule has 0 aliphatic rings. The molecule has 2 N–H and O–H groups in total. The Morgan fingerprint density at radius 1 is 1.22 bits per heavy atom. The maximum atomic E-state index is 5.73. The number of hydrogen-bond acceptors (Lipinski definition) is 2. The maximum absolute atomic E-state index is 5.73. The molecule has 0 spiro atoms. The number of nitrogens with two attached hydrogens (primary N) is 1. The quantitative estimate of drug-likeness (QED) is 0.834. The van der Waals surface area contributed by atoms with Gasteiger partial charge in [-0.1, -0.05) is 26.0 Å². The molecule has 1 aromatic heterocycles. The lowest BCUT2D eigenvalue weighted by Crippen LogP contribution is -2.11. The SMILES string of the molecule is CCC(C)c1cncn1C(C)c1ccc(N)cc1. The fraction of sp³-hybridized carbons (Fsp3) is 0.400. The van der Waals surface area contributed by atoms with E-state index in [1.807, 2.05) is 24.7 Å². The monoisotopic (exact) mass is 243 g/mol. The molecule has 2 aromatic rings. The Kier molecular flexibility index (Phi) is 3.70. The van der Waals surface area contributed by atoms with Crippen LogP contribution in [0.4, 0.5) is 5.69 Å². The predicted molar refractivity (Wildman–Crippen MR) is 75.6 cm³/mol. The van der Waals surface area contributed by atoms with Gasteiger partial charge in [0, 0.05) is 17.6 Å². The van der Waals surface area contributed by atoms with E-state index in [1.54, 1.807) is 0 Å². The summed E-state index contributed by atoms with van der Waals surface area (Å²) in [4.78, 5) is 4.29. The van der Waals surface area contributed by atoms with Crippen LogP contribution in [0.1, 0.15) is 50.4 Å². The molecule has 0 saturated carbocycles. The fourth-order valence-corrected chi connectivity index (χ4v) is 2.16. The lowest BCUT2D eigenvalue weighted by atomic mass is 10.0. The molecule has 96 valence electrons. The molecule has 0 aliphatic heterocycles. The highest BCUT2D eigenvalue weighted by Crippen LogP contribution is 2.25. The molecule has 0 aliphatic carbocycles. The molecule has 3 heteroatoms. The molecule has 0 fully saturated rings. The molecular formula is C15H21N3. The van der Waals surface area contributed by atoms with Crippen molar-refractivity contribution in [3.8, 4) is 0 Å². The Morgan fingerprint density at radius 3 is 2.50 bits per heavy atom. The number of anilines is 1. The third-order valence-electron chi connectivity index (χ3n) is 3.65. The Balaban J connectivity index is 2.31. The number of imidazole rings is 1. The maximum Gasteiger partial charge on any atom is 0.0953 e. The molecule has 0 saturated heterocycles. The minimum Gasteiger partial charge on any atom is -0.399 e. The van der Waals surface area contributed by atoms with Crippen molar-refractivity contribution in [3.05, 3.63) is 48.0 Å². The average molecular weight is 243 g/mol. The summed E-state index contributed by atoms with van der Waals surface area (Å²) in [5, 5.41) is 0. The van der Waals surface area contributed by atoms with E-state index in [-0.39, 0.29) is 6.04 Å². The third kappa shape index (κ3) is 2.40. The van der Waals surface area contributed by atoms with E-state index >= 15 is 0 Å². The van der Waals surface area contributed by atoms with Crippen molar-refractivity contribution in [2.75, 3.05) is 5.73 Å². The largest absolute Gasteiger partial charge is 0.399 e. The van der Waals surface area contributed by atoms with Crippen LogP contribution in [0, 0.1) is 0 Å². The van der Waals surface area contributed by atoms with E-state index in [0.29, 0.717) is 5.92 Å². The molecule has 1 aromatic carbocycles. The molecule has 2 unspecified atom stereocenters. The summed E-state index contributed by atoms with van der Waals surface area (Å²) in [6, 6.07) is 8.36. The summed E-state index contributed by atoms with van der Waals surface area (Å²) in [6.07, 6.45) is 5.02. The Labute approximate surface area is 109 Å². The van der Waals surface area contributed by atoms with Crippen LogP contribution in [0.3, 0.4) is 0 Å². The summed E-state index contributed by atoms with van der Waals surface area (Å²) < 4.78 is 2.25. The van der Waals surface area contributed by atoms with Crippen LogP contribution in [0.5, 0.6) is 0 Å². The predicted octanol–water partition coefficient (Wildman–Crippen LogP) is 3.59. The molecule has 2 rings (SSSR count). The van der Waals surface area contributed by atoms with Crippen molar-refractivity contribution in [3.63, 3.8) is 0 Å². The van der Waals surface area contributed by atoms with Gasteiger partial charge >= 0.3 is 0 Å². The molecule has 1 heterocycles. The van der Waals surface area contributed by atoms with E-state index in [1.165, 1.54) is 11.3 Å². The lowest BCUT2D eigenvalue weighted by Gasteiger charge is -2.20. The van der Waals surface area contributed by atoms with Gasteiger partial charge in [0.25, 0.3) is 0 Å². The van der Waals surface area contributed by atoms with Gasteiger partial charge in [0.05, 0.1) is 12.4 Å². The second-order valence-electron chi connectivity index (χ2n) is 4.88. The Hall–Kier alpha value is -1.77. The number of hydrogen-bond donors (Lipinski definition) is 1. The van der Waals surface area contributed by atoms with Gasteiger partial charge < -0.3 is 10.3 Å². The van der Waals surface area contributed by atoms with Crippen molar-refractivity contribution in [1.29, 1.82) is 0 Å². The van der Waals surface area contributed by atoms with Gasteiger partial charge in [0.15, 0.2) is 0 Å². The summed E-state index contributed by atoms with van der Waals surface area (Å²) in [5.41, 5.74) is 9.08. The number of nitrogen functional groups attached to an aromatic ring is 1. The van der Waals surface area contributed by atoms with E-state index in [2.05, 4.69) is 42.5 Å². The van der Waals surface area contributed by atoms with Crippen LogP contribution in [-0.4, -0.2) is 9.55 Å². The van der Waals surface area contributed by atoms with E-state index in [9.17, 15) is 0 Å². The minimum absolute atomic E-state index is 0.289. The summed E-state index contributed by atoms with van der Waals surface area (Å²) in [7, 11) is 0. The van der Waals surface area contributed by atoms with Gasteiger partial charge in [0.1, 0.15) is 0 Å². The second kappa shape index (κ2) is 5.25.